The molecule has 1 fully saturated rings. The van der Waals surface area contributed by atoms with Crippen LogP contribution in [0.4, 0.5) is 5.82 Å². The minimum atomic E-state index is -4.63. The van der Waals surface area contributed by atoms with E-state index in [9.17, 15) is 28.5 Å². The SMILES string of the molecule is CC(C)c1nn([C@@H]2O[C@H](COS(=O)(=O)NC(=O)[C@@H](N)Cc3ccc(O)cc3)[C@@H](O)[C@H]2O)c2ncnc(N)c12. The van der Waals surface area contributed by atoms with Crippen LogP contribution in [0.25, 0.3) is 11.0 Å². The number of aromatic hydroxyl groups is 1. The largest absolute Gasteiger partial charge is 0.508 e. The van der Waals surface area contributed by atoms with E-state index in [0.717, 1.165) is 0 Å². The Morgan fingerprint density at radius 2 is 1.89 bits per heavy atom. The molecule has 4 rings (SSSR count). The molecule has 3 aromatic rings. The van der Waals surface area contributed by atoms with Gasteiger partial charge in [0.15, 0.2) is 11.9 Å². The number of fused-ring (bicyclic) bond motifs is 1. The van der Waals surface area contributed by atoms with Crippen molar-refractivity contribution in [3.8, 4) is 5.75 Å². The second-order valence-electron chi connectivity index (χ2n) is 9.17. The predicted octanol–water partition coefficient (Wildman–Crippen LogP) is -1.20. The van der Waals surface area contributed by atoms with Crippen molar-refractivity contribution in [1.82, 2.24) is 24.5 Å². The number of carbonyl (C=O) groups is 1. The zero-order valence-electron chi connectivity index (χ0n) is 20.5. The maximum Gasteiger partial charge on any atom is 0.362 e. The van der Waals surface area contributed by atoms with Gasteiger partial charge in [-0.15, -0.1) is 0 Å². The highest BCUT2D eigenvalue weighted by Gasteiger charge is 2.46. The van der Waals surface area contributed by atoms with Crippen LogP contribution in [0.1, 0.15) is 37.3 Å². The number of carbonyl (C=O) groups excluding carboxylic acids is 1. The van der Waals surface area contributed by atoms with Crippen molar-refractivity contribution in [2.24, 2.45) is 5.73 Å². The van der Waals surface area contributed by atoms with Crippen molar-refractivity contribution in [3.05, 3.63) is 41.9 Å². The second-order valence-corrected chi connectivity index (χ2v) is 10.5. The number of aliphatic hydroxyl groups is 2. The number of nitrogens with two attached hydrogens (primary N) is 2. The van der Waals surface area contributed by atoms with E-state index in [2.05, 4.69) is 15.1 Å². The molecule has 0 radical (unpaired) electrons. The Morgan fingerprint density at radius 3 is 2.55 bits per heavy atom. The number of amides is 1. The van der Waals surface area contributed by atoms with E-state index in [1.54, 1.807) is 16.9 Å². The summed E-state index contributed by atoms with van der Waals surface area (Å²) in [5.74, 6) is -0.887. The number of ether oxygens (including phenoxy) is 1. The normalized spacial score (nSPS) is 22.7. The topological polar surface area (TPSA) is 238 Å². The lowest BCUT2D eigenvalue weighted by molar-refractivity contribution is -0.120. The van der Waals surface area contributed by atoms with Gasteiger partial charge in [0.05, 0.1) is 23.7 Å². The summed E-state index contributed by atoms with van der Waals surface area (Å²) in [4.78, 5) is 20.4. The number of phenols is 1. The number of nitrogen functional groups attached to an aromatic ring is 1. The first kappa shape index (κ1) is 27.6. The van der Waals surface area contributed by atoms with E-state index in [1.807, 2.05) is 13.8 Å². The molecule has 5 atom stereocenters. The van der Waals surface area contributed by atoms with Crippen LogP contribution in [0, 0.1) is 0 Å². The van der Waals surface area contributed by atoms with Crippen LogP contribution in [0.2, 0.25) is 0 Å². The highest BCUT2D eigenvalue weighted by molar-refractivity contribution is 7.85. The summed E-state index contributed by atoms with van der Waals surface area (Å²) in [5.41, 5.74) is 13.2. The third kappa shape index (κ3) is 5.69. The van der Waals surface area contributed by atoms with Gasteiger partial charge in [-0.25, -0.2) is 19.4 Å². The van der Waals surface area contributed by atoms with Gasteiger partial charge in [-0.1, -0.05) is 26.0 Å². The molecule has 206 valence electrons. The van der Waals surface area contributed by atoms with E-state index >= 15 is 0 Å². The quantitative estimate of drug-likeness (QED) is 0.183. The number of anilines is 1. The van der Waals surface area contributed by atoms with Crippen molar-refractivity contribution in [3.63, 3.8) is 0 Å². The molecule has 38 heavy (non-hydrogen) atoms. The molecule has 1 aromatic carbocycles. The van der Waals surface area contributed by atoms with Gasteiger partial charge in [-0.3, -0.25) is 8.98 Å². The number of benzene rings is 1. The first-order valence-corrected chi connectivity index (χ1v) is 13.0. The molecular formula is C22H29N7O8S. The van der Waals surface area contributed by atoms with Gasteiger partial charge in [0.25, 0.3) is 5.91 Å². The number of hydrogen-bond acceptors (Lipinski definition) is 13. The van der Waals surface area contributed by atoms with E-state index in [0.29, 0.717) is 16.6 Å². The predicted molar refractivity (Wildman–Crippen MR) is 133 cm³/mol. The summed E-state index contributed by atoms with van der Waals surface area (Å²) in [7, 11) is -4.63. The minimum Gasteiger partial charge on any atom is -0.508 e. The van der Waals surface area contributed by atoms with Gasteiger partial charge >= 0.3 is 10.3 Å². The molecule has 0 bridgehead atoms. The average molecular weight is 552 g/mol. The number of aliphatic hydroxyl groups excluding tert-OH is 2. The molecule has 3 heterocycles. The monoisotopic (exact) mass is 551 g/mol. The maximum absolute atomic E-state index is 12.3. The zero-order chi connectivity index (χ0) is 27.8. The molecule has 2 aromatic heterocycles. The van der Waals surface area contributed by atoms with Crippen molar-refractivity contribution >= 4 is 33.1 Å². The highest BCUT2D eigenvalue weighted by atomic mass is 32.2. The van der Waals surface area contributed by atoms with E-state index in [-0.39, 0.29) is 29.6 Å². The Hall–Kier alpha value is -3.41. The Balaban J connectivity index is 1.41. The lowest BCUT2D eigenvalue weighted by atomic mass is 10.1. The summed E-state index contributed by atoms with van der Waals surface area (Å²) >= 11 is 0. The Labute approximate surface area is 217 Å². The Kier molecular flexibility index (Phi) is 7.82. The average Bonchev–Trinajstić information content (AvgIpc) is 3.38. The van der Waals surface area contributed by atoms with Crippen LogP contribution < -0.4 is 16.2 Å². The summed E-state index contributed by atoms with van der Waals surface area (Å²) in [6, 6.07) is 4.68. The van der Waals surface area contributed by atoms with Crippen molar-refractivity contribution in [2.75, 3.05) is 12.3 Å². The van der Waals surface area contributed by atoms with Gasteiger partial charge in [-0.2, -0.15) is 13.5 Å². The van der Waals surface area contributed by atoms with Crippen molar-refractivity contribution in [2.45, 2.75) is 56.8 Å². The first-order chi connectivity index (χ1) is 17.9. The summed E-state index contributed by atoms with van der Waals surface area (Å²) in [5, 5.41) is 35.4. The summed E-state index contributed by atoms with van der Waals surface area (Å²) in [6.45, 7) is 3.04. The molecule has 1 aliphatic heterocycles. The molecule has 15 nitrogen and oxygen atoms in total. The highest BCUT2D eigenvalue weighted by Crippen LogP contribution is 2.35. The second kappa shape index (κ2) is 10.8. The van der Waals surface area contributed by atoms with Crippen LogP contribution in [-0.4, -0.2) is 80.4 Å². The van der Waals surface area contributed by atoms with Gasteiger partial charge in [0.1, 0.15) is 36.2 Å². The van der Waals surface area contributed by atoms with E-state index in [4.69, 9.17) is 20.4 Å². The summed E-state index contributed by atoms with van der Waals surface area (Å²) < 4.78 is 38.2. The number of rotatable bonds is 9. The molecule has 1 saturated heterocycles. The van der Waals surface area contributed by atoms with Crippen LogP contribution >= 0.6 is 0 Å². The fourth-order valence-corrected chi connectivity index (χ4v) is 4.81. The number of nitrogens with one attached hydrogen (secondary N) is 1. The molecule has 0 saturated carbocycles. The standard InChI is InChI=1S/C22H29N7O8S/c1-10(2)16-15-19(24)25-9-26-20(15)29(27-16)22-18(32)17(31)14(37-22)8-36-38(34,35)28-21(33)13(23)7-11-3-5-12(30)6-4-11/h3-6,9-10,13-14,17-18,22,30-32H,7-8,23H2,1-2H3,(H,28,33)(H2,24,25,26)/t13-,14+,17+,18+,22+/m0/s1. The maximum atomic E-state index is 12.3. The third-order valence-corrected chi connectivity index (χ3v) is 6.91. The molecular weight excluding hydrogens is 522 g/mol. The number of nitrogens with zero attached hydrogens (tertiary/aromatic N) is 4. The lowest BCUT2D eigenvalue weighted by Crippen LogP contribution is -2.45. The number of hydrogen-bond donors (Lipinski definition) is 6. The van der Waals surface area contributed by atoms with Crippen LogP contribution in [0.15, 0.2) is 30.6 Å². The molecule has 8 N–H and O–H groups in total. The van der Waals surface area contributed by atoms with Gasteiger partial charge in [-0.05, 0) is 30.0 Å². The minimum absolute atomic E-state index is 0.00418. The van der Waals surface area contributed by atoms with Gasteiger partial charge in [0.2, 0.25) is 0 Å². The Morgan fingerprint density at radius 1 is 1.21 bits per heavy atom. The first-order valence-electron chi connectivity index (χ1n) is 11.6. The smallest absolute Gasteiger partial charge is 0.362 e. The van der Waals surface area contributed by atoms with Gasteiger partial charge in [0, 0.05) is 0 Å². The van der Waals surface area contributed by atoms with Crippen LogP contribution in [-0.2, 0) is 30.4 Å². The van der Waals surface area contributed by atoms with E-state index < -0.39 is 53.4 Å². The fraction of sp³-hybridized carbons (Fsp3) is 0.455. The zero-order valence-corrected chi connectivity index (χ0v) is 21.3. The van der Waals surface area contributed by atoms with Crippen LogP contribution in [0.5, 0.6) is 5.75 Å². The van der Waals surface area contributed by atoms with Crippen molar-refractivity contribution < 1.29 is 37.5 Å². The van der Waals surface area contributed by atoms with E-state index in [1.165, 1.54) is 23.1 Å². The van der Waals surface area contributed by atoms with Crippen LogP contribution in [0.3, 0.4) is 0 Å². The third-order valence-electron chi connectivity index (χ3n) is 6.01. The molecule has 1 aliphatic rings. The molecule has 1 amide bonds. The number of aromatic nitrogens is 4. The molecule has 16 heteroatoms. The molecule has 0 spiro atoms. The Bertz CT molecular complexity index is 1410. The lowest BCUT2D eigenvalue weighted by Gasteiger charge is -2.16. The van der Waals surface area contributed by atoms with Gasteiger partial charge < -0.3 is 31.5 Å². The molecule has 0 unspecified atom stereocenters. The summed E-state index contributed by atoms with van der Waals surface area (Å²) in [6.07, 6.45) is -4.38. The van der Waals surface area contributed by atoms with Crippen molar-refractivity contribution in [1.29, 1.82) is 0 Å². The number of phenolic OH excluding ortho intramolecular Hbond substituents is 1. The molecule has 0 aliphatic carbocycles. The fourth-order valence-electron chi connectivity index (χ4n) is 4.04.